The number of anilines is 3. The van der Waals surface area contributed by atoms with Crippen LogP contribution in [-0.2, 0) is 6.18 Å². The van der Waals surface area contributed by atoms with Gasteiger partial charge in [-0.25, -0.2) is 4.98 Å². The number of ether oxygens (including phenoxy) is 1. The lowest BCUT2D eigenvalue weighted by atomic mass is 10.1. The summed E-state index contributed by atoms with van der Waals surface area (Å²) in [5.74, 6) is 2.05. The van der Waals surface area contributed by atoms with Crippen LogP contribution in [0.2, 0.25) is 0 Å². The molecule has 2 aromatic heterocycles. The maximum absolute atomic E-state index is 12.8. The highest BCUT2D eigenvalue weighted by Crippen LogP contribution is 2.32. The van der Waals surface area contributed by atoms with Crippen molar-refractivity contribution in [3.63, 3.8) is 0 Å². The molecule has 2 aromatic carbocycles. The highest BCUT2D eigenvalue weighted by molar-refractivity contribution is 7.99. The summed E-state index contributed by atoms with van der Waals surface area (Å²) in [4.78, 5) is 13.1. The average molecular weight is 484 g/mol. The fraction of sp³-hybridized carbons (Fsp3) is 0.125. The fourth-order valence-corrected chi connectivity index (χ4v) is 3.75. The fourth-order valence-electron chi connectivity index (χ4n) is 3.09. The Morgan fingerprint density at radius 1 is 0.941 bits per heavy atom. The van der Waals surface area contributed by atoms with Crippen molar-refractivity contribution in [1.29, 1.82) is 0 Å². The Balaban J connectivity index is 1.47. The van der Waals surface area contributed by atoms with E-state index in [1.807, 2.05) is 24.3 Å². The van der Waals surface area contributed by atoms with Crippen LogP contribution in [0, 0.1) is 0 Å². The summed E-state index contributed by atoms with van der Waals surface area (Å²) in [5.41, 5.74) is 7.18. The van der Waals surface area contributed by atoms with Gasteiger partial charge in [0.1, 0.15) is 23.0 Å². The Bertz CT molecular complexity index is 1270. The van der Waals surface area contributed by atoms with Gasteiger partial charge in [-0.2, -0.15) is 18.2 Å². The number of benzene rings is 2. The molecule has 174 valence electrons. The monoisotopic (exact) mass is 483 g/mol. The molecular formula is C24H20F3N5OS. The lowest BCUT2D eigenvalue weighted by Crippen LogP contribution is -2.07. The van der Waals surface area contributed by atoms with E-state index in [0.29, 0.717) is 22.9 Å². The minimum atomic E-state index is -4.54. The van der Waals surface area contributed by atoms with E-state index in [2.05, 4.69) is 27.2 Å². The van der Waals surface area contributed by atoms with Gasteiger partial charge < -0.3 is 15.8 Å². The number of rotatable bonds is 7. The van der Waals surface area contributed by atoms with Crippen molar-refractivity contribution in [2.24, 2.45) is 0 Å². The van der Waals surface area contributed by atoms with Crippen LogP contribution in [0.1, 0.15) is 12.6 Å². The van der Waals surface area contributed by atoms with Gasteiger partial charge in [0, 0.05) is 34.5 Å². The van der Waals surface area contributed by atoms with Gasteiger partial charge in [0.2, 0.25) is 5.95 Å². The standard InChI is InChI=1S/C24H20F3N5OS/c1-2-34-19-9-3-15(4-10-19)20-14-22(32-23(28)31-20)30-16-5-7-17(8-6-16)33-18-11-12-29-21(13-18)24(25,26)27/h3-14H,2H2,1H3,(H3,28,30,31,32). The predicted octanol–water partition coefficient (Wildman–Crippen LogP) is 6.79. The first-order valence-corrected chi connectivity index (χ1v) is 11.2. The van der Waals surface area contributed by atoms with Crippen molar-refractivity contribution in [3.8, 4) is 22.8 Å². The van der Waals surface area contributed by atoms with Crippen molar-refractivity contribution in [2.45, 2.75) is 18.0 Å². The highest BCUT2D eigenvalue weighted by atomic mass is 32.2. The van der Waals surface area contributed by atoms with Crippen LogP contribution < -0.4 is 15.8 Å². The first-order valence-electron chi connectivity index (χ1n) is 10.3. The Labute approximate surface area is 198 Å². The molecule has 0 radical (unpaired) electrons. The molecule has 34 heavy (non-hydrogen) atoms. The molecule has 4 rings (SSSR count). The molecule has 6 nitrogen and oxygen atoms in total. The van der Waals surface area contributed by atoms with E-state index >= 15 is 0 Å². The van der Waals surface area contributed by atoms with Gasteiger partial charge >= 0.3 is 6.18 Å². The summed E-state index contributed by atoms with van der Waals surface area (Å²) in [6.45, 7) is 2.10. The SMILES string of the molecule is CCSc1ccc(-c2cc(Nc3ccc(Oc4ccnc(C(F)(F)F)c4)cc3)nc(N)n2)cc1. The molecule has 0 aliphatic heterocycles. The Kier molecular flexibility index (Phi) is 6.87. The van der Waals surface area contributed by atoms with Crippen LogP contribution in [-0.4, -0.2) is 20.7 Å². The van der Waals surface area contributed by atoms with E-state index in [-0.39, 0.29) is 11.7 Å². The number of alkyl halides is 3. The second-order valence-electron chi connectivity index (χ2n) is 7.08. The number of hydrogen-bond donors (Lipinski definition) is 2. The normalized spacial score (nSPS) is 11.3. The largest absolute Gasteiger partial charge is 0.457 e. The minimum absolute atomic E-state index is 0.0413. The van der Waals surface area contributed by atoms with Crippen molar-refractivity contribution in [2.75, 3.05) is 16.8 Å². The Morgan fingerprint density at radius 3 is 2.35 bits per heavy atom. The number of aromatic nitrogens is 3. The smallest absolute Gasteiger partial charge is 0.433 e. The Morgan fingerprint density at radius 2 is 1.68 bits per heavy atom. The van der Waals surface area contributed by atoms with Gasteiger partial charge in [0.25, 0.3) is 0 Å². The van der Waals surface area contributed by atoms with E-state index < -0.39 is 11.9 Å². The van der Waals surface area contributed by atoms with Crippen molar-refractivity contribution < 1.29 is 17.9 Å². The second-order valence-corrected chi connectivity index (χ2v) is 8.42. The molecular weight excluding hydrogens is 463 g/mol. The molecule has 0 amide bonds. The van der Waals surface area contributed by atoms with Gasteiger partial charge in [0.05, 0.1) is 5.69 Å². The summed E-state index contributed by atoms with van der Waals surface area (Å²) >= 11 is 1.76. The van der Waals surface area contributed by atoms with Crippen LogP contribution in [0.4, 0.5) is 30.6 Å². The molecule has 0 atom stereocenters. The Hall–Kier alpha value is -3.79. The zero-order valence-electron chi connectivity index (χ0n) is 18.0. The quantitative estimate of drug-likeness (QED) is 0.280. The van der Waals surface area contributed by atoms with Crippen LogP contribution in [0.15, 0.2) is 77.8 Å². The van der Waals surface area contributed by atoms with E-state index in [0.717, 1.165) is 23.6 Å². The summed E-state index contributed by atoms with van der Waals surface area (Å²) in [6.07, 6.45) is -3.48. The van der Waals surface area contributed by atoms with E-state index in [1.54, 1.807) is 42.1 Å². The lowest BCUT2D eigenvalue weighted by Gasteiger charge is -2.11. The molecule has 2 heterocycles. The molecule has 0 saturated heterocycles. The third-order valence-electron chi connectivity index (χ3n) is 4.59. The molecule has 0 saturated carbocycles. The molecule has 0 bridgehead atoms. The molecule has 0 fully saturated rings. The highest BCUT2D eigenvalue weighted by Gasteiger charge is 2.32. The number of nitrogen functional groups attached to an aromatic ring is 1. The molecule has 3 N–H and O–H groups in total. The molecule has 0 aliphatic carbocycles. The summed E-state index contributed by atoms with van der Waals surface area (Å²) in [5, 5.41) is 3.16. The second kappa shape index (κ2) is 10.0. The first-order chi connectivity index (χ1) is 16.3. The number of nitrogens with zero attached hydrogens (tertiary/aromatic N) is 3. The number of hydrogen-bond acceptors (Lipinski definition) is 7. The maximum atomic E-state index is 12.8. The van der Waals surface area contributed by atoms with Gasteiger partial charge in [-0.1, -0.05) is 19.1 Å². The summed E-state index contributed by atoms with van der Waals surface area (Å²) in [7, 11) is 0. The molecule has 0 spiro atoms. The number of thioether (sulfide) groups is 1. The van der Waals surface area contributed by atoms with Gasteiger partial charge in [-0.3, -0.25) is 4.98 Å². The molecule has 4 aromatic rings. The molecule has 0 unspecified atom stereocenters. The summed E-state index contributed by atoms with van der Waals surface area (Å²) in [6, 6.07) is 18.7. The van der Waals surface area contributed by atoms with Crippen LogP contribution in [0.5, 0.6) is 11.5 Å². The van der Waals surface area contributed by atoms with Crippen LogP contribution in [0.3, 0.4) is 0 Å². The van der Waals surface area contributed by atoms with Crippen molar-refractivity contribution in [1.82, 2.24) is 15.0 Å². The maximum Gasteiger partial charge on any atom is 0.433 e. The lowest BCUT2D eigenvalue weighted by molar-refractivity contribution is -0.141. The van der Waals surface area contributed by atoms with E-state index in [9.17, 15) is 13.2 Å². The first kappa shape index (κ1) is 23.4. The molecule has 10 heteroatoms. The van der Waals surface area contributed by atoms with Crippen LogP contribution in [0.25, 0.3) is 11.3 Å². The van der Waals surface area contributed by atoms with E-state index in [4.69, 9.17) is 10.5 Å². The number of pyridine rings is 1. The van der Waals surface area contributed by atoms with Crippen molar-refractivity contribution in [3.05, 3.63) is 78.6 Å². The minimum Gasteiger partial charge on any atom is -0.457 e. The topological polar surface area (TPSA) is 86.0 Å². The van der Waals surface area contributed by atoms with Crippen LogP contribution >= 0.6 is 11.8 Å². The van der Waals surface area contributed by atoms with E-state index in [1.165, 1.54) is 11.0 Å². The zero-order chi connectivity index (χ0) is 24.1. The summed E-state index contributed by atoms with van der Waals surface area (Å²) < 4.78 is 44.0. The van der Waals surface area contributed by atoms with Gasteiger partial charge in [0.15, 0.2) is 0 Å². The number of nitrogens with one attached hydrogen (secondary N) is 1. The zero-order valence-corrected chi connectivity index (χ0v) is 18.8. The van der Waals surface area contributed by atoms with Gasteiger partial charge in [-0.05, 0) is 48.2 Å². The van der Waals surface area contributed by atoms with Crippen molar-refractivity contribution >= 4 is 29.2 Å². The average Bonchev–Trinajstić information content (AvgIpc) is 2.80. The number of nitrogens with two attached hydrogens (primary N) is 1. The third-order valence-corrected chi connectivity index (χ3v) is 5.48. The molecule has 0 aliphatic rings. The predicted molar refractivity (Wildman–Crippen MR) is 127 cm³/mol. The number of halogens is 3. The third kappa shape index (κ3) is 5.96. The van der Waals surface area contributed by atoms with Gasteiger partial charge in [-0.15, -0.1) is 11.8 Å².